The van der Waals surface area contributed by atoms with Gasteiger partial charge in [-0.3, -0.25) is 4.98 Å². The van der Waals surface area contributed by atoms with E-state index in [-0.39, 0.29) is 0 Å². The topological polar surface area (TPSA) is 50.9 Å². The fourth-order valence-corrected chi connectivity index (χ4v) is 1.16. The number of unbranched alkanes of at least 4 members (excludes halogenated alkanes) is 1. The normalized spacial score (nSPS) is 10.0. The Morgan fingerprint density at radius 3 is 3.00 bits per heavy atom. The number of aromatic nitrogens is 1. The SMILES string of the molecule is Cc1cnccc1NCCCCN. The fraction of sp³-hybridized carbons (Fsp3) is 0.500. The summed E-state index contributed by atoms with van der Waals surface area (Å²) < 4.78 is 0. The second-order valence-corrected chi connectivity index (χ2v) is 3.11. The number of rotatable bonds is 5. The van der Waals surface area contributed by atoms with Gasteiger partial charge in [-0.2, -0.15) is 0 Å². The summed E-state index contributed by atoms with van der Waals surface area (Å²) >= 11 is 0. The Bertz CT molecular complexity index is 248. The number of anilines is 1. The Balaban J connectivity index is 2.32. The van der Waals surface area contributed by atoms with Crippen molar-refractivity contribution in [3.8, 4) is 0 Å². The van der Waals surface area contributed by atoms with Gasteiger partial charge < -0.3 is 11.1 Å². The third-order valence-electron chi connectivity index (χ3n) is 1.97. The van der Waals surface area contributed by atoms with Crippen LogP contribution in [0.4, 0.5) is 5.69 Å². The minimum Gasteiger partial charge on any atom is -0.385 e. The predicted octanol–water partition coefficient (Wildman–Crippen LogP) is 1.54. The molecule has 0 aromatic carbocycles. The van der Waals surface area contributed by atoms with Crippen LogP contribution in [0.3, 0.4) is 0 Å². The minimum atomic E-state index is 0.775. The maximum Gasteiger partial charge on any atom is 0.0400 e. The molecule has 1 aromatic heterocycles. The molecule has 3 nitrogen and oxygen atoms in total. The number of hydrogen-bond acceptors (Lipinski definition) is 3. The quantitative estimate of drug-likeness (QED) is 0.674. The van der Waals surface area contributed by atoms with Crippen LogP contribution >= 0.6 is 0 Å². The number of pyridine rings is 1. The molecule has 1 rings (SSSR count). The van der Waals surface area contributed by atoms with Crippen LogP contribution in [0.25, 0.3) is 0 Å². The monoisotopic (exact) mass is 179 g/mol. The van der Waals surface area contributed by atoms with Crippen molar-refractivity contribution in [3.63, 3.8) is 0 Å². The number of nitrogens with zero attached hydrogens (tertiary/aromatic N) is 1. The van der Waals surface area contributed by atoms with Gasteiger partial charge in [0.2, 0.25) is 0 Å². The second-order valence-electron chi connectivity index (χ2n) is 3.11. The van der Waals surface area contributed by atoms with Crippen molar-refractivity contribution >= 4 is 5.69 Å². The lowest BCUT2D eigenvalue weighted by Crippen LogP contribution is -2.06. The van der Waals surface area contributed by atoms with Gasteiger partial charge in [-0.15, -0.1) is 0 Å². The van der Waals surface area contributed by atoms with E-state index in [9.17, 15) is 0 Å². The Kier molecular flexibility index (Phi) is 4.26. The van der Waals surface area contributed by atoms with E-state index in [1.165, 1.54) is 11.3 Å². The maximum atomic E-state index is 5.40. The molecule has 1 heterocycles. The van der Waals surface area contributed by atoms with E-state index < -0.39 is 0 Å². The lowest BCUT2D eigenvalue weighted by atomic mass is 10.2. The first kappa shape index (κ1) is 9.99. The van der Waals surface area contributed by atoms with E-state index in [2.05, 4.69) is 17.2 Å². The lowest BCUT2D eigenvalue weighted by Gasteiger charge is -2.07. The van der Waals surface area contributed by atoms with E-state index in [4.69, 9.17) is 5.73 Å². The van der Waals surface area contributed by atoms with Gasteiger partial charge in [-0.25, -0.2) is 0 Å². The molecule has 0 aliphatic heterocycles. The molecule has 0 spiro atoms. The molecule has 0 amide bonds. The van der Waals surface area contributed by atoms with Gasteiger partial charge in [-0.05, 0) is 37.9 Å². The summed E-state index contributed by atoms with van der Waals surface area (Å²) in [5.74, 6) is 0. The summed E-state index contributed by atoms with van der Waals surface area (Å²) in [4.78, 5) is 4.03. The molecular formula is C10H17N3. The largest absolute Gasteiger partial charge is 0.385 e. The molecule has 0 aliphatic rings. The molecule has 0 radical (unpaired) electrons. The average Bonchev–Trinajstić information content (AvgIpc) is 2.15. The zero-order valence-corrected chi connectivity index (χ0v) is 8.09. The third-order valence-corrected chi connectivity index (χ3v) is 1.97. The van der Waals surface area contributed by atoms with Crippen molar-refractivity contribution in [2.75, 3.05) is 18.4 Å². The third kappa shape index (κ3) is 3.42. The zero-order valence-electron chi connectivity index (χ0n) is 8.09. The molecule has 0 saturated carbocycles. The maximum absolute atomic E-state index is 5.40. The first-order chi connectivity index (χ1) is 6.34. The van der Waals surface area contributed by atoms with Crippen molar-refractivity contribution in [3.05, 3.63) is 24.0 Å². The highest BCUT2D eigenvalue weighted by molar-refractivity contribution is 5.48. The van der Waals surface area contributed by atoms with Gasteiger partial charge in [0.15, 0.2) is 0 Å². The highest BCUT2D eigenvalue weighted by Gasteiger charge is 1.94. The summed E-state index contributed by atoms with van der Waals surface area (Å²) in [6, 6.07) is 2.00. The van der Waals surface area contributed by atoms with Gasteiger partial charge in [0, 0.05) is 24.6 Å². The molecule has 0 unspecified atom stereocenters. The molecule has 0 saturated heterocycles. The second kappa shape index (κ2) is 5.54. The first-order valence-corrected chi connectivity index (χ1v) is 4.69. The van der Waals surface area contributed by atoms with E-state index >= 15 is 0 Å². The summed E-state index contributed by atoms with van der Waals surface area (Å²) in [6.45, 7) is 3.82. The predicted molar refractivity (Wildman–Crippen MR) is 55.8 cm³/mol. The molecule has 3 heteroatoms. The van der Waals surface area contributed by atoms with Gasteiger partial charge in [0.25, 0.3) is 0 Å². The van der Waals surface area contributed by atoms with Crippen LogP contribution in [0.15, 0.2) is 18.5 Å². The Morgan fingerprint density at radius 2 is 2.31 bits per heavy atom. The molecule has 1 aromatic rings. The van der Waals surface area contributed by atoms with Gasteiger partial charge in [0.05, 0.1) is 0 Å². The Morgan fingerprint density at radius 1 is 1.46 bits per heavy atom. The van der Waals surface area contributed by atoms with Crippen LogP contribution in [0.2, 0.25) is 0 Å². The van der Waals surface area contributed by atoms with E-state index in [1.807, 2.05) is 12.3 Å². The Labute approximate surface area is 79.4 Å². The van der Waals surface area contributed by atoms with Crippen molar-refractivity contribution in [1.29, 1.82) is 0 Å². The van der Waals surface area contributed by atoms with Crippen LogP contribution in [-0.4, -0.2) is 18.1 Å². The Hall–Kier alpha value is -1.09. The summed E-state index contributed by atoms with van der Waals surface area (Å²) in [7, 11) is 0. The van der Waals surface area contributed by atoms with Crippen LogP contribution in [0.5, 0.6) is 0 Å². The van der Waals surface area contributed by atoms with Crippen LogP contribution in [0, 0.1) is 6.92 Å². The number of hydrogen-bond donors (Lipinski definition) is 2. The van der Waals surface area contributed by atoms with E-state index in [0.717, 1.165) is 25.9 Å². The zero-order chi connectivity index (χ0) is 9.52. The number of nitrogens with two attached hydrogens (primary N) is 1. The summed E-state index contributed by atoms with van der Waals surface area (Å²) in [6.07, 6.45) is 5.87. The van der Waals surface area contributed by atoms with Crippen molar-refractivity contribution < 1.29 is 0 Å². The molecule has 0 bridgehead atoms. The molecule has 72 valence electrons. The highest BCUT2D eigenvalue weighted by atomic mass is 14.9. The summed E-state index contributed by atoms with van der Waals surface area (Å²) in [5.41, 5.74) is 7.76. The van der Waals surface area contributed by atoms with Crippen molar-refractivity contribution in [1.82, 2.24) is 4.98 Å². The molecule has 0 atom stereocenters. The molecule has 0 aliphatic carbocycles. The summed E-state index contributed by atoms with van der Waals surface area (Å²) in [5, 5.41) is 3.35. The van der Waals surface area contributed by atoms with Gasteiger partial charge in [-0.1, -0.05) is 0 Å². The van der Waals surface area contributed by atoms with Gasteiger partial charge >= 0.3 is 0 Å². The molecule has 3 N–H and O–H groups in total. The first-order valence-electron chi connectivity index (χ1n) is 4.69. The average molecular weight is 179 g/mol. The number of nitrogens with one attached hydrogen (secondary N) is 1. The highest BCUT2D eigenvalue weighted by Crippen LogP contribution is 2.11. The van der Waals surface area contributed by atoms with Crippen molar-refractivity contribution in [2.24, 2.45) is 5.73 Å². The molecular weight excluding hydrogens is 162 g/mol. The van der Waals surface area contributed by atoms with E-state index in [1.54, 1.807) is 6.20 Å². The minimum absolute atomic E-state index is 0.775. The van der Waals surface area contributed by atoms with Crippen molar-refractivity contribution in [2.45, 2.75) is 19.8 Å². The van der Waals surface area contributed by atoms with Crippen LogP contribution < -0.4 is 11.1 Å². The standard InChI is InChI=1S/C10H17N3/c1-9-8-12-7-4-10(9)13-6-3-2-5-11/h4,7-8H,2-3,5-6,11H2,1H3,(H,12,13). The fourth-order valence-electron chi connectivity index (χ4n) is 1.16. The molecule has 13 heavy (non-hydrogen) atoms. The van der Waals surface area contributed by atoms with Crippen LogP contribution in [-0.2, 0) is 0 Å². The van der Waals surface area contributed by atoms with E-state index in [0.29, 0.717) is 0 Å². The van der Waals surface area contributed by atoms with Gasteiger partial charge in [0.1, 0.15) is 0 Å². The number of aryl methyl sites for hydroxylation is 1. The molecule has 0 fully saturated rings. The van der Waals surface area contributed by atoms with Crippen LogP contribution in [0.1, 0.15) is 18.4 Å². The lowest BCUT2D eigenvalue weighted by molar-refractivity contribution is 0.774. The smallest absolute Gasteiger partial charge is 0.0400 e.